The van der Waals surface area contributed by atoms with Crippen molar-refractivity contribution < 1.29 is 9.90 Å². The minimum atomic E-state index is -1.06. The van der Waals surface area contributed by atoms with Crippen LogP contribution in [0.4, 0.5) is 0 Å². The molecule has 0 saturated carbocycles. The number of rotatable bonds is 2. The number of hydrogen-bond acceptors (Lipinski definition) is 3. The van der Waals surface area contributed by atoms with Crippen LogP contribution < -0.4 is 5.73 Å². The van der Waals surface area contributed by atoms with E-state index in [9.17, 15) is 4.79 Å². The highest BCUT2D eigenvalue weighted by molar-refractivity contribution is 5.85. The van der Waals surface area contributed by atoms with Gasteiger partial charge >= 0.3 is 5.97 Å². The Bertz CT molecular complexity index is 290. The Kier molecular flexibility index (Phi) is 1.91. The third-order valence-corrected chi connectivity index (χ3v) is 1.09. The third-order valence-electron chi connectivity index (χ3n) is 1.09. The van der Waals surface area contributed by atoms with Gasteiger partial charge in [-0.05, 0) is 18.3 Å². The number of carbonyl (C=O) groups is 1. The van der Waals surface area contributed by atoms with Crippen molar-refractivity contribution in [3.8, 4) is 0 Å². The Hall–Kier alpha value is -1.78. The van der Waals surface area contributed by atoms with E-state index in [-0.39, 0.29) is 5.69 Å². The summed E-state index contributed by atoms with van der Waals surface area (Å²) in [7, 11) is 0. The number of hydrogen-bond donors (Lipinski definition) is 3. The van der Waals surface area contributed by atoms with Gasteiger partial charge in [0.15, 0.2) is 5.69 Å². The number of carboxylic acid groups (broad SMARTS) is 1. The molecule has 58 valence electrons. The van der Waals surface area contributed by atoms with Crippen molar-refractivity contribution in [1.82, 2.24) is 10.2 Å². The monoisotopic (exact) mass is 153 g/mol. The summed E-state index contributed by atoms with van der Waals surface area (Å²) in [4.78, 5) is 10.3. The van der Waals surface area contributed by atoms with E-state index in [1.165, 1.54) is 18.3 Å². The van der Waals surface area contributed by atoms with Crippen LogP contribution in [0.1, 0.15) is 16.2 Å². The minimum absolute atomic E-state index is 0.0156. The molecule has 1 aromatic heterocycles. The molecule has 0 amide bonds. The number of aromatic nitrogens is 2. The van der Waals surface area contributed by atoms with Crippen molar-refractivity contribution in [2.75, 3.05) is 0 Å². The zero-order valence-electron chi connectivity index (χ0n) is 5.61. The predicted octanol–water partition coefficient (Wildman–Crippen LogP) is 0.0373. The van der Waals surface area contributed by atoms with E-state index >= 15 is 0 Å². The first-order valence-electron chi connectivity index (χ1n) is 2.91. The Morgan fingerprint density at radius 3 is 3.00 bits per heavy atom. The van der Waals surface area contributed by atoms with Crippen molar-refractivity contribution in [2.24, 2.45) is 5.73 Å². The molecule has 0 aliphatic rings. The van der Waals surface area contributed by atoms with E-state index in [1.807, 2.05) is 0 Å². The maximum absolute atomic E-state index is 10.3. The normalized spacial score (nSPS) is 10.5. The van der Waals surface area contributed by atoms with E-state index in [0.29, 0.717) is 5.69 Å². The number of nitrogens with two attached hydrogens (primary N) is 1. The summed E-state index contributed by atoms with van der Waals surface area (Å²) >= 11 is 0. The fourth-order valence-electron chi connectivity index (χ4n) is 0.635. The van der Waals surface area contributed by atoms with Gasteiger partial charge in [0, 0.05) is 0 Å². The molecule has 11 heavy (non-hydrogen) atoms. The number of carboxylic acids is 1. The van der Waals surface area contributed by atoms with E-state index in [2.05, 4.69) is 10.2 Å². The van der Waals surface area contributed by atoms with E-state index in [0.717, 1.165) is 0 Å². The zero-order chi connectivity index (χ0) is 8.27. The molecule has 4 N–H and O–H groups in total. The highest BCUT2D eigenvalue weighted by Crippen LogP contribution is 2.00. The lowest BCUT2D eigenvalue weighted by Gasteiger charge is -1.78. The largest absolute Gasteiger partial charge is 0.476 e. The first-order chi connectivity index (χ1) is 5.24. The Morgan fingerprint density at radius 2 is 2.55 bits per heavy atom. The predicted molar refractivity (Wildman–Crippen MR) is 38.8 cm³/mol. The van der Waals surface area contributed by atoms with Crippen molar-refractivity contribution >= 4 is 12.0 Å². The summed E-state index contributed by atoms with van der Waals surface area (Å²) in [6.07, 6.45) is 2.83. The minimum Gasteiger partial charge on any atom is -0.476 e. The third kappa shape index (κ3) is 1.57. The summed E-state index contributed by atoms with van der Waals surface area (Å²) < 4.78 is 0. The number of aromatic amines is 1. The molecule has 0 bridgehead atoms. The van der Waals surface area contributed by atoms with Crippen molar-refractivity contribution in [1.29, 1.82) is 0 Å². The molecule has 0 unspecified atom stereocenters. The number of nitrogens with one attached hydrogen (secondary N) is 1. The van der Waals surface area contributed by atoms with Crippen LogP contribution in [0.2, 0.25) is 0 Å². The van der Waals surface area contributed by atoms with Gasteiger partial charge in [-0.1, -0.05) is 0 Å². The van der Waals surface area contributed by atoms with Crippen LogP contribution in [0.5, 0.6) is 0 Å². The van der Waals surface area contributed by atoms with Crippen molar-refractivity contribution in [3.05, 3.63) is 23.7 Å². The summed E-state index contributed by atoms with van der Waals surface area (Å²) in [6, 6.07) is 1.39. The van der Waals surface area contributed by atoms with Crippen LogP contribution in [0, 0.1) is 0 Å². The summed E-state index contributed by atoms with van der Waals surface area (Å²) in [5.74, 6) is -1.06. The van der Waals surface area contributed by atoms with Gasteiger partial charge in [0.1, 0.15) is 0 Å². The van der Waals surface area contributed by atoms with Gasteiger partial charge in [-0.3, -0.25) is 5.10 Å². The molecular formula is C6H7N3O2. The van der Waals surface area contributed by atoms with Gasteiger partial charge in [-0.25, -0.2) is 4.79 Å². The van der Waals surface area contributed by atoms with E-state index < -0.39 is 5.97 Å². The average Bonchev–Trinajstić information content (AvgIpc) is 2.37. The Morgan fingerprint density at radius 1 is 1.82 bits per heavy atom. The highest BCUT2D eigenvalue weighted by Gasteiger charge is 2.05. The molecule has 1 aromatic rings. The average molecular weight is 153 g/mol. The molecule has 0 atom stereocenters. The van der Waals surface area contributed by atoms with Crippen molar-refractivity contribution in [3.63, 3.8) is 0 Å². The van der Waals surface area contributed by atoms with Gasteiger partial charge in [-0.2, -0.15) is 5.10 Å². The SMILES string of the molecule is NC=Cc1cc(C(=O)O)n[nH]1. The second-order valence-electron chi connectivity index (χ2n) is 1.87. The molecule has 1 rings (SSSR count). The second-order valence-corrected chi connectivity index (χ2v) is 1.87. The summed E-state index contributed by atoms with van der Waals surface area (Å²) in [6.45, 7) is 0. The molecule has 5 nitrogen and oxygen atoms in total. The van der Waals surface area contributed by atoms with Crippen molar-refractivity contribution in [2.45, 2.75) is 0 Å². The van der Waals surface area contributed by atoms with E-state index in [4.69, 9.17) is 10.8 Å². The molecule has 5 heteroatoms. The van der Waals surface area contributed by atoms with Gasteiger partial charge in [0.25, 0.3) is 0 Å². The lowest BCUT2D eigenvalue weighted by atomic mass is 10.3. The molecule has 0 aromatic carbocycles. The fourth-order valence-corrected chi connectivity index (χ4v) is 0.635. The van der Waals surface area contributed by atoms with Gasteiger partial charge in [0.05, 0.1) is 5.69 Å². The lowest BCUT2D eigenvalue weighted by molar-refractivity contribution is 0.0690. The molecular weight excluding hydrogens is 146 g/mol. The maximum Gasteiger partial charge on any atom is 0.356 e. The Balaban J connectivity index is 2.90. The molecule has 1 heterocycles. The van der Waals surface area contributed by atoms with Crippen LogP contribution in [-0.4, -0.2) is 21.3 Å². The second kappa shape index (κ2) is 2.87. The Labute approximate surface area is 62.5 Å². The first kappa shape index (κ1) is 7.33. The quantitative estimate of drug-likeness (QED) is 0.559. The molecule has 0 fully saturated rings. The highest BCUT2D eigenvalue weighted by atomic mass is 16.4. The lowest BCUT2D eigenvalue weighted by Crippen LogP contribution is -1.95. The molecule has 0 spiro atoms. The topological polar surface area (TPSA) is 92.0 Å². The molecule has 0 radical (unpaired) electrons. The summed E-state index contributed by atoms with van der Waals surface area (Å²) in [5, 5.41) is 14.4. The maximum atomic E-state index is 10.3. The van der Waals surface area contributed by atoms with Crippen LogP contribution in [0.3, 0.4) is 0 Å². The molecule has 0 saturated heterocycles. The van der Waals surface area contributed by atoms with Crippen LogP contribution in [0.15, 0.2) is 12.3 Å². The number of nitrogens with zero attached hydrogens (tertiary/aromatic N) is 1. The smallest absolute Gasteiger partial charge is 0.356 e. The summed E-state index contributed by atoms with van der Waals surface area (Å²) in [5.41, 5.74) is 5.63. The molecule has 0 aliphatic carbocycles. The van der Waals surface area contributed by atoms with E-state index in [1.54, 1.807) is 0 Å². The van der Waals surface area contributed by atoms with Crippen LogP contribution in [-0.2, 0) is 0 Å². The fraction of sp³-hybridized carbons (Fsp3) is 0. The number of H-pyrrole nitrogens is 1. The first-order valence-corrected chi connectivity index (χ1v) is 2.91. The van der Waals surface area contributed by atoms with Gasteiger partial charge < -0.3 is 10.8 Å². The van der Waals surface area contributed by atoms with Crippen LogP contribution in [0.25, 0.3) is 6.08 Å². The number of aromatic carboxylic acids is 1. The van der Waals surface area contributed by atoms with Gasteiger partial charge in [0.2, 0.25) is 0 Å². The standard InChI is InChI=1S/C6H7N3O2/c7-2-1-4-3-5(6(10)11)9-8-4/h1-3H,7H2,(H,8,9)(H,10,11). The molecule has 0 aliphatic heterocycles. The zero-order valence-corrected chi connectivity index (χ0v) is 5.61. The van der Waals surface area contributed by atoms with Crippen LogP contribution >= 0.6 is 0 Å². The van der Waals surface area contributed by atoms with Gasteiger partial charge in [-0.15, -0.1) is 0 Å².